The Morgan fingerprint density at radius 1 is 1.10 bits per heavy atom. The molecule has 9 heteroatoms. The highest BCUT2D eigenvalue weighted by molar-refractivity contribution is 6.40. The average Bonchev–Trinajstić information content (AvgIpc) is 3.03. The summed E-state index contributed by atoms with van der Waals surface area (Å²) in [4.78, 5) is 20.6. The SMILES string of the molecule is CC(C)c1nn(-c2c(Cl)cc(Cl)cc2Cl)c2nc(Cc3ccc(N)cc3)[nH]c(=O)c12. The highest BCUT2D eigenvalue weighted by atomic mass is 35.5. The van der Waals surface area contributed by atoms with Gasteiger partial charge in [0, 0.05) is 17.1 Å². The number of halogens is 3. The maximum Gasteiger partial charge on any atom is 0.262 e. The average molecular weight is 463 g/mol. The summed E-state index contributed by atoms with van der Waals surface area (Å²) in [7, 11) is 0. The lowest BCUT2D eigenvalue weighted by Crippen LogP contribution is -2.14. The van der Waals surface area contributed by atoms with Gasteiger partial charge in [0.05, 0.1) is 15.7 Å². The van der Waals surface area contributed by atoms with Gasteiger partial charge in [0.2, 0.25) is 0 Å². The quantitative estimate of drug-likeness (QED) is 0.399. The summed E-state index contributed by atoms with van der Waals surface area (Å²) in [6.07, 6.45) is 0.426. The highest BCUT2D eigenvalue weighted by Crippen LogP contribution is 2.34. The van der Waals surface area contributed by atoms with Gasteiger partial charge in [0.1, 0.15) is 16.9 Å². The molecule has 0 atom stereocenters. The molecular weight excluding hydrogens is 445 g/mol. The van der Waals surface area contributed by atoms with Gasteiger partial charge in [-0.05, 0) is 35.7 Å². The number of nitrogen functional groups attached to an aromatic ring is 1. The van der Waals surface area contributed by atoms with Crippen LogP contribution in [0, 0.1) is 0 Å². The molecule has 0 amide bonds. The van der Waals surface area contributed by atoms with Crippen LogP contribution in [0.4, 0.5) is 5.69 Å². The maximum absolute atomic E-state index is 13.0. The molecule has 4 rings (SSSR count). The van der Waals surface area contributed by atoms with E-state index >= 15 is 0 Å². The number of anilines is 1. The Balaban J connectivity index is 1.96. The molecule has 6 nitrogen and oxygen atoms in total. The van der Waals surface area contributed by atoms with E-state index in [1.165, 1.54) is 4.68 Å². The summed E-state index contributed by atoms with van der Waals surface area (Å²) in [5.74, 6) is 0.486. The van der Waals surface area contributed by atoms with Gasteiger partial charge in [-0.15, -0.1) is 0 Å². The van der Waals surface area contributed by atoms with Crippen molar-refractivity contribution in [1.82, 2.24) is 19.7 Å². The predicted octanol–water partition coefficient (Wildman–Crippen LogP) is 5.37. The summed E-state index contributed by atoms with van der Waals surface area (Å²) in [5.41, 5.74) is 8.55. The van der Waals surface area contributed by atoms with Crippen LogP contribution in [0.25, 0.3) is 16.7 Å². The fourth-order valence-electron chi connectivity index (χ4n) is 3.31. The number of fused-ring (bicyclic) bond motifs is 1. The lowest BCUT2D eigenvalue weighted by molar-refractivity contribution is 0.776. The molecule has 154 valence electrons. The third-order valence-corrected chi connectivity index (χ3v) is 5.50. The first-order valence-electron chi connectivity index (χ1n) is 9.25. The smallest absolute Gasteiger partial charge is 0.262 e. The zero-order valence-corrected chi connectivity index (χ0v) is 18.5. The van der Waals surface area contributed by atoms with Crippen molar-refractivity contribution in [3.63, 3.8) is 0 Å². The van der Waals surface area contributed by atoms with Crippen LogP contribution in [-0.2, 0) is 6.42 Å². The van der Waals surface area contributed by atoms with Gasteiger partial charge in [0.15, 0.2) is 5.65 Å². The molecule has 0 saturated heterocycles. The summed E-state index contributed by atoms with van der Waals surface area (Å²) in [6, 6.07) is 10.6. The van der Waals surface area contributed by atoms with E-state index in [0.29, 0.717) is 55.4 Å². The topological polar surface area (TPSA) is 89.6 Å². The Kier molecular flexibility index (Phi) is 5.49. The fourth-order valence-corrected chi connectivity index (χ4v) is 4.28. The molecular formula is C21H18Cl3N5O. The number of hydrogen-bond donors (Lipinski definition) is 2. The van der Waals surface area contributed by atoms with E-state index in [1.807, 2.05) is 26.0 Å². The lowest BCUT2D eigenvalue weighted by atomic mass is 10.1. The number of H-pyrrole nitrogens is 1. The van der Waals surface area contributed by atoms with Crippen molar-refractivity contribution in [2.45, 2.75) is 26.2 Å². The minimum absolute atomic E-state index is 0.00977. The number of rotatable bonds is 4. The van der Waals surface area contributed by atoms with Gasteiger partial charge in [0.25, 0.3) is 5.56 Å². The van der Waals surface area contributed by atoms with E-state index in [-0.39, 0.29) is 11.5 Å². The second-order valence-electron chi connectivity index (χ2n) is 7.30. The summed E-state index contributed by atoms with van der Waals surface area (Å²) >= 11 is 18.9. The van der Waals surface area contributed by atoms with Crippen LogP contribution in [-0.4, -0.2) is 19.7 Å². The van der Waals surface area contributed by atoms with Crippen LogP contribution in [0.15, 0.2) is 41.2 Å². The molecule has 2 aromatic carbocycles. The number of nitrogens with one attached hydrogen (secondary N) is 1. The normalized spacial score (nSPS) is 11.5. The van der Waals surface area contributed by atoms with E-state index < -0.39 is 0 Å². The van der Waals surface area contributed by atoms with E-state index in [9.17, 15) is 4.79 Å². The van der Waals surface area contributed by atoms with Crippen LogP contribution in [0.3, 0.4) is 0 Å². The minimum atomic E-state index is -0.262. The standard InChI is InChI=1S/C21H18Cl3N5O/c1-10(2)18-17-20(29(28-18)19-14(23)8-12(22)9-15(19)24)26-16(27-21(17)30)7-11-3-5-13(25)6-4-11/h3-6,8-10H,7,25H2,1-2H3,(H,26,27,30). The number of nitrogens with zero attached hydrogens (tertiary/aromatic N) is 3. The van der Waals surface area contributed by atoms with Crippen molar-refractivity contribution in [2.24, 2.45) is 0 Å². The maximum atomic E-state index is 13.0. The summed E-state index contributed by atoms with van der Waals surface area (Å²) in [5, 5.41) is 6.08. The van der Waals surface area contributed by atoms with Crippen molar-refractivity contribution < 1.29 is 0 Å². The number of hydrogen-bond acceptors (Lipinski definition) is 4. The molecule has 30 heavy (non-hydrogen) atoms. The third kappa shape index (κ3) is 3.78. The largest absolute Gasteiger partial charge is 0.399 e. The first kappa shape index (κ1) is 20.7. The van der Waals surface area contributed by atoms with Crippen LogP contribution in [0.1, 0.15) is 36.8 Å². The van der Waals surface area contributed by atoms with Crippen LogP contribution >= 0.6 is 34.8 Å². The Morgan fingerprint density at radius 3 is 2.33 bits per heavy atom. The molecule has 0 bridgehead atoms. The zero-order chi connectivity index (χ0) is 21.6. The van der Waals surface area contributed by atoms with Gasteiger partial charge in [-0.1, -0.05) is 60.8 Å². The summed E-state index contributed by atoms with van der Waals surface area (Å²) < 4.78 is 1.52. The van der Waals surface area contributed by atoms with Crippen LogP contribution < -0.4 is 11.3 Å². The molecule has 0 spiro atoms. The number of benzene rings is 2. The molecule has 4 aromatic rings. The van der Waals surface area contributed by atoms with E-state index in [4.69, 9.17) is 45.5 Å². The van der Waals surface area contributed by atoms with Gasteiger partial charge in [-0.2, -0.15) is 5.10 Å². The minimum Gasteiger partial charge on any atom is -0.399 e. The molecule has 0 aliphatic carbocycles. The molecule has 2 heterocycles. The van der Waals surface area contributed by atoms with Gasteiger partial charge in [-0.3, -0.25) is 4.79 Å². The molecule has 2 aromatic heterocycles. The first-order chi connectivity index (χ1) is 14.2. The monoisotopic (exact) mass is 461 g/mol. The Hall–Kier alpha value is -2.54. The van der Waals surface area contributed by atoms with Crippen LogP contribution in [0.2, 0.25) is 15.1 Å². The molecule has 0 unspecified atom stereocenters. The molecule has 0 aliphatic heterocycles. The molecule has 0 fully saturated rings. The third-order valence-electron chi connectivity index (χ3n) is 4.71. The van der Waals surface area contributed by atoms with Crippen molar-refractivity contribution in [3.05, 3.63) is 78.9 Å². The molecule has 0 saturated carbocycles. The van der Waals surface area contributed by atoms with E-state index in [2.05, 4.69) is 10.1 Å². The predicted molar refractivity (Wildman–Crippen MR) is 122 cm³/mol. The van der Waals surface area contributed by atoms with Gasteiger partial charge in [-0.25, -0.2) is 9.67 Å². The summed E-state index contributed by atoms with van der Waals surface area (Å²) in [6.45, 7) is 3.91. The van der Waals surface area contributed by atoms with Gasteiger partial charge < -0.3 is 10.7 Å². The fraction of sp³-hybridized carbons (Fsp3) is 0.190. The number of aromatic nitrogens is 4. The Labute approximate surface area is 187 Å². The Morgan fingerprint density at radius 2 is 1.73 bits per heavy atom. The zero-order valence-electron chi connectivity index (χ0n) is 16.2. The van der Waals surface area contributed by atoms with Crippen molar-refractivity contribution in [3.8, 4) is 5.69 Å². The van der Waals surface area contributed by atoms with Gasteiger partial charge >= 0.3 is 0 Å². The highest BCUT2D eigenvalue weighted by Gasteiger charge is 2.22. The number of nitrogens with two attached hydrogens (primary N) is 1. The van der Waals surface area contributed by atoms with E-state index in [0.717, 1.165) is 5.56 Å². The first-order valence-corrected chi connectivity index (χ1v) is 10.4. The van der Waals surface area contributed by atoms with Crippen molar-refractivity contribution in [1.29, 1.82) is 0 Å². The van der Waals surface area contributed by atoms with Crippen molar-refractivity contribution >= 4 is 51.5 Å². The lowest BCUT2D eigenvalue weighted by Gasteiger charge is -2.09. The second-order valence-corrected chi connectivity index (χ2v) is 8.55. The number of aromatic amines is 1. The second kappa shape index (κ2) is 7.95. The Bertz CT molecular complexity index is 1290. The van der Waals surface area contributed by atoms with Crippen molar-refractivity contribution in [2.75, 3.05) is 5.73 Å². The van der Waals surface area contributed by atoms with Crippen LogP contribution in [0.5, 0.6) is 0 Å². The molecule has 0 aliphatic rings. The molecule has 0 radical (unpaired) electrons. The molecule has 3 N–H and O–H groups in total. The van der Waals surface area contributed by atoms with E-state index in [1.54, 1.807) is 24.3 Å².